The second kappa shape index (κ2) is 10.5. The van der Waals surface area contributed by atoms with Crippen LogP contribution >= 0.6 is 0 Å². The summed E-state index contributed by atoms with van der Waals surface area (Å²) in [5.41, 5.74) is 8.83. The minimum Gasteiger partial charge on any atom is -0.397 e. The molecule has 2 aromatic carbocycles. The van der Waals surface area contributed by atoms with Crippen molar-refractivity contribution in [2.75, 3.05) is 11.1 Å². The average Bonchev–Trinajstić information content (AvgIpc) is 3.63. The fourth-order valence-electron chi connectivity index (χ4n) is 4.10. The molecule has 2 aliphatic carbocycles. The molecule has 2 saturated carbocycles. The molecule has 0 spiro atoms. The van der Waals surface area contributed by atoms with Gasteiger partial charge in [-0.15, -0.1) is 0 Å². The van der Waals surface area contributed by atoms with Gasteiger partial charge in [0, 0.05) is 18.2 Å². The molecule has 2 amide bonds. The summed E-state index contributed by atoms with van der Waals surface area (Å²) in [6.45, 7) is 0. The molecule has 0 bridgehead atoms. The van der Waals surface area contributed by atoms with Crippen molar-refractivity contribution in [1.82, 2.24) is 10.6 Å². The van der Waals surface area contributed by atoms with E-state index in [9.17, 15) is 9.59 Å². The van der Waals surface area contributed by atoms with Crippen molar-refractivity contribution in [1.29, 1.82) is 0 Å². The first-order chi connectivity index (χ1) is 15.6. The molecular weight excluding hydrogens is 400 g/mol. The number of benzene rings is 2. The van der Waals surface area contributed by atoms with Crippen LogP contribution in [0.25, 0.3) is 6.08 Å². The Morgan fingerprint density at radius 1 is 0.906 bits per heavy atom. The maximum Gasteiger partial charge on any atom is 0.248 e. The number of amides is 2. The third-order valence-corrected chi connectivity index (χ3v) is 6.11. The minimum absolute atomic E-state index is 0.0620. The molecule has 0 aromatic heterocycles. The van der Waals surface area contributed by atoms with Gasteiger partial charge in [-0.05, 0) is 55.0 Å². The van der Waals surface area contributed by atoms with Crippen molar-refractivity contribution < 1.29 is 9.59 Å². The van der Waals surface area contributed by atoms with Gasteiger partial charge in [0.05, 0.1) is 11.4 Å². The highest BCUT2D eigenvalue weighted by Crippen LogP contribution is 2.26. The highest BCUT2D eigenvalue weighted by atomic mass is 16.2. The van der Waals surface area contributed by atoms with Crippen LogP contribution in [0.15, 0.2) is 54.6 Å². The lowest BCUT2D eigenvalue weighted by Gasteiger charge is -2.26. The number of hydrogen-bond donors (Lipinski definition) is 4. The first kappa shape index (κ1) is 22.1. The number of nitrogen functional groups attached to an aromatic ring is 1. The Labute approximate surface area is 189 Å². The zero-order valence-corrected chi connectivity index (χ0v) is 18.3. The van der Waals surface area contributed by atoms with Gasteiger partial charge in [0.25, 0.3) is 0 Å². The van der Waals surface area contributed by atoms with Gasteiger partial charge in [0.1, 0.15) is 6.04 Å². The van der Waals surface area contributed by atoms with Crippen molar-refractivity contribution in [2.45, 2.75) is 63.1 Å². The summed E-state index contributed by atoms with van der Waals surface area (Å²) in [5, 5.41) is 9.53. The van der Waals surface area contributed by atoms with E-state index in [1.54, 1.807) is 18.2 Å². The Hall–Kier alpha value is -3.12. The number of anilines is 2. The van der Waals surface area contributed by atoms with Crippen molar-refractivity contribution >= 4 is 29.3 Å². The van der Waals surface area contributed by atoms with Gasteiger partial charge in [-0.3, -0.25) is 14.9 Å². The summed E-state index contributed by atoms with van der Waals surface area (Å²) in [6.07, 6.45) is 11.3. The predicted octanol–water partition coefficient (Wildman–Crippen LogP) is 4.16. The second-order valence-corrected chi connectivity index (χ2v) is 8.79. The second-order valence-electron chi connectivity index (χ2n) is 8.79. The Bertz CT molecular complexity index is 960. The summed E-state index contributed by atoms with van der Waals surface area (Å²) in [7, 11) is 0. The van der Waals surface area contributed by atoms with E-state index in [0.29, 0.717) is 23.5 Å². The number of para-hydroxylation sites is 2. The summed E-state index contributed by atoms with van der Waals surface area (Å²) < 4.78 is 0. The third kappa shape index (κ3) is 6.20. The molecule has 1 unspecified atom stereocenters. The molecule has 6 nitrogen and oxygen atoms in total. The average molecular weight is 433 g/mol. The zero-order valence-electron chi connectivity index (χ0n) is 18.3. The number of nitrogens with two attached hydrogens (primary N) is 1. The van der Waals surface area contributed by atoms with Crippen molar-refractivity contribution in [3.05, 3.63) is 65.7 Å². The van der Waals surface area contributed by atoms with Gasteiger partial charge >= 0.3 is 0 Å². The molecule has 0 aliphatic heterocycles. The first-order valence-electron chi connectivity index (χ1n) is 11.6. The lowest BCUT2D eigenvalue weighted by atomic mass is 9.95. The topological polar surface area (TPSA) is 96.2 Å². The first-order valence-corrected chi connectivity index (χ1v) is 11.6. The molecule has 1 atom stereocenters. The van der Waals surface area contributed by atoms with Gasteiger partial charge in [-0.2, -0.15) is 0 Å². The van der Waals surface area contributed by atoms with Crippen LogP contribution in [0.4, 0.5) is 11.4 Å². The molecule has 0 radical (unpaired) electrons. The maximum atomic E-state index is 13.0. The van der Waals surface area contributed by atoms with E-state index >= 15 is 0 Å². The predicted molar refractivity (Wildman–Crippen MR) is 129 cm³/mol. The van der Waals surface area contributed by atoms with Gasteiger partial charge < -0.3 is 16.4 Å². The number of rotatable bonds is 8. The van der Waals surface area contributed by atoms with Crippen LogP contribution in [0.2, 0.25) is 0 Å². The Balaban J connectivity index is 1.38. The Morgan fingerprint density at radius 2 is 1.62 bits per heavy atom. The third-order valence-electron chi connectivity index (χ3n) is 6.11. The summed E-state index contributed by atoms with van der Waals surface area (Å²) in [4.78, 5) is 25.2. The SMILES string of the molecule is Nc1ccccc1NC(=O)C=Cc1ccc(C(NC2CC2)C(=O)NC2CCCCC2)cc1. The quantitative estimate of drug-likeness (QED) is 0.372. The largest absolute Gasteiger partial charge is 0.397 e. The van der Waals surface area contributed by atoms with E-state index in [4.69, 9.17) is 5.73 Å². The molecule has 5 N–H and O–H groups in total. The number of carbonyl (C=O) groups is 2. The van der Waals surface area contributed by atoms with Gasteiger partial charge in [-0.25, -0.2) is 0 Å². The van der Waals surface area contributed by atoms with Crippen molar-refractivity contribution in [2.24, 2.45) is 0 Å². The van der Waals surface area contributed by atoms with Gasteiger partial charge in [-0.1, -0.05) is 55.7 Å². The van der Waals surface area contributed by atoms with Crippen LogP contribution in [0.3, 0.4) is 0 Å². The molecular formula is C26H32N4O2. The van der Waals surface area contributed by atoms with Crippen LogP contribution in [0.1, 0.15) is 62.1 Å². The molecule has 6 heteroatoms. The molecule has 4 rings (SSSR count). The van der Waals surface area contributed by atoms with Gasteiger partial charge in [0.15, 0.2) is 0 Å². The van der Waals surface area contributed by atoms with Crippen LogP contribution in [-0.4, -0.2) is 23.9 Å². The van der Waals surface area contributed by atoms with Gasteiger partial charge in [0.2, 0.25) is 11.8 Å². The molecule has 0 heterocycles. The summed E-state index contributed by atoms with van der Waals surface area (Å²) in [6, 6.07) is 15.3. The Kier molecular flexibility index (Phi) is 7.22. The smallest absolute Gasteiger partial charge is 0.248 e. The van der Waals surface area contributed by atoms with E-state index in [1.807, 2.05) is 36.4 Å². The molecule has 32 heavy (non-hydrogen) atoms. The van der Waals surface area contributed by atoms with Crippen LogP contribution in [0.5, 0.6) is 0 Å². The highest BCUT2D eigenvalue weighted by molar-refractivity contribution is 6.03. The van der Waals surface area contributed by atoms with E-state index in [1.165, 1.54) is 25.3 Å². The lowest BCUT2D eigenvalue weighted by molar-refractivity contribution is -0.124. The Morgan fingerprint density at radius 3 is 2.31 bits per heavy atom. The monoisotopic (exact) mass is 432 g/mol. The summed E-state index contributed by atoms with van der Waals surface area (Å²) in [5.74, 6) is -0.181. The number of nitrogens with one attached hydrogen (secondary N) is 3. The number of hydrogen-bond acceptors (Lipinski definition) is 4. The standard InChI is InChI=1S/C26H32N4O2/c27-22-8-4-5-9-23(22)30-24(31)17-12-18-10-13-19(14-11-18)25(28-21-15-16-21)26(32)29-20-6-2-1-3-7-20/h4-5,8-14,17,20-21,25,28H,1-3,6-7,15-16,27H2,(H,29,32)(H,30,31). The summed E-state index contributed by atoms with van der Waals surface area (Å²) >= 11 is 0. The number of carbonyl (C=O) groups excluding carboxylic acids is 2. The molecule has 0 saturated heterocycles. The van der Waals surface area contributed by atoms with Crippen LogP contribution < -0.4 is 21.7 Å². The fourth-order valence-corrected chi connectivity index (χ4v) is 4.10. The molecule has 2 fully saturated rings. The molecule has 2 aliphatic rings. The molecule has 2 aromatic rings. The van der Waals surface area contributed by atoms with E-state index in [-0.39, 0.29) is 17.9 Å². The zero-order chi connectivity index (χ0) is 22.3. The van der Waals surface area contributed by atoms with Crippen molar-refractivity contribution in [3.8, 4) is 0 Å². The molecule has 168 valence electrons. The fraction of sp³-hybridized carbons (Fsp3) is 0.385. The maximum absolute atomic E-state index is 13.0. The van der Waals surface area contributed by atoms with E-state index in [2.05, 4.69) is 16.0 Å². The van der Waals surface area contributed by atoms with E-state index in [0.717, 1.165) is 36.8 Å². The van der Waals surface area contributed by atoms with Crippen LogP contribution in [-0.2, 0) is 9.59 Å². The normalized spacial score (nSPS) is 17.8. The van der Waals surface area contributed by atoms with Crippen LogP contribution in [0, 0.1) is 0 Å². The highest BCUT2D eigenvalue weighted by Gasteiger charge is 2.30. The van der Waals surface area contributed by atoms with E-state index < -0.39 is 0 Å². The lowest BCUT2D eigenvalue weighted by Crippen LogP contribution is -2.44. The minimum atomic E-state index is -0.341. The van der Waals surface area contributed by atoms with Crippen molar-refractivity contribution in [3.63, 3.8) is 0 Å².